The molecule has 11 heteroatoms. The quantitative estimate of drug-likeness (QED) is 0.388. The molecule has 8 nitrogen and oxygen atoms in total. The molecule has 164 valence electrons. The molecule has 1 amide bonds. The summed E-state index contributed by atoms with van der Waals surface area (Å²) in [5.74, 6) is 0.0596. The normalized spacial score (nSPS) is 11.3. The lowest BCUT2D eigenvalue weighted by atomic mass is 10.1. The van der Waals surface area contributed by atoms with Gasteiger partial charge in [0, 0.05) is 34.1 Å². The Morgan fingerprint density at radius 1 is 1.16 bits per heavy atom. The molecule has 0 saturated carbocycles. The molecule has 0 spiro atoms. The molecule has 2 aromatic heterocycles. The molecular weight excluding hydrogens is 472 g/mol. The number of amides is 1. The Hall–Kier alpha value is -3.21. The van der Waals surface area contributed by atoms with Crippen molar-refractivity contribution in [1.82, 2.24) is 10.1 Å². The predicted octanol–water partition coefficient (Wildman–Crippen LogP) is 4.74. The summed E-state index contributed by atoms with van der Waals surface area (Å²) in [7, 11) is -3.94. The number of benzene rings is 2. The molecule has 0 fully saturated rings. The predicted molar refractivity (Wildman–Crippen MR) is 123 cm³/mol. The Morgan fingerprint density at radius 2 is 1.97 bits per heavy atom. The molecule has 0 unspecified atom stereocenters. The molecule has 0 radical (unpaired) electrons. The van der Waals surface area contributed by atoms with Crippen molar-refractivity contribution in [2.45, 2.75) is 18.2 Å². The van der Waals surface area contributed by atoms with Gasteiger partial charge in [0.05, 0.1) is 4.90 Å². The monoisotopic (exact) mass is 488 g/mol. The number of hydrogen-bond donors (Lipinski definition) is 2. The molecule has 32 heavy (non-hydrogen) atoms. The second kappa shape index (κ2) is 9.11. The van der Waals surface area contributed by atoms with Gasteiger partial charge < -0.3 is 4.52 Å². The van der Waals surface area contributed by atoms with Gasteiger partial charge in [-0.2, -0.15) is 0 Å². The number of nitrogens with zero attached hydrogens (tertiary/aromatic N) is 2. The fourth-order valence-electron chi connectivity index (χ4n) is 2.88. The third kappa shape index (κ3) is 5.34. The van der Waals surface area contributed by atoms with Gasteiger partial charge in [-0.3, -0.25) is 14.8 Å². The number of halogens is 1. The standard InChI is InChI=1S/C21H17ClN4O4S2/c1-13-8-19(25-30-13)26-32(28,29)18-7-3-5-15(11-18)20(27)24-21-23-12-17(31-21)10-14-4-2-6-16(22)9-14/h2-9,11-12H,10H2,1H3,(H,25,26)(H,23,24,27). The zero-order valence-corrected chi connectivity index (χ0v) is 19.1. The smallest absolute Gasteiger partial charge is 0.263 e. The summed E-state index contributed by atoms with van der Waals surface area (Å²) in [6, 6.07) is 14.7. The van der Waals surface area contributed by atoms with Crippen molar-refractivity contribution in [3.63, 3.8) is 0 Å². The van der Waals surface area contributed by atoms with Crippen LogP contribution in [0.25, 0.3) is 0 Å². The highest BCUT2D eigenvalue weighted by Crippen LogP contribution is 2.23. The van der Waals surface area contributed by atoms with E-state index in [2.05, 4.69) is 20.2 Å². The van der Waals surface area contributed by atoms with Gasteiger partial charge in [0.15, 0.2) is 10.9 Å². The molecular formula is C21H17ClN4O4S2. The van der Waals surface area contributed by atoms with Crippen LogP contribution >= 0.6 is 22.9 Å². The number of rotatable bonds is 7. The van der Waals surface area contributed by atoms with Crippen LogP contribution in [0.15, 0.2) is 70.2 Å². The Morgan fingerprint density at radius 3 is 2.72 bits per heavy atom. The summed E-state index contributed by atoms with van der Waals surface area (Å²) in [4.78, 5) is 17.8. The van der Waals surface area contributed by atoms with E-state index in [0.29, 0.717) is 22.3 Å². The topological polar surface area (TPSA) is 114 Å². The second-order valence-corrected chi connectivity index (χ2v) is 10.1. The van der Waals surface area contributed by atoms with Crippen LogP contribution in [0.3, 0.4) is 0 Å². The van der Waals surface area contributed by atoms with Crippen molar-refractivity contribution in [3.05, 3.63) is 87.6 Å². The zero-order valence-electron chi connectivity index (χ0n) is 16.7. The number of nitrogens with one attached hydrogen (secondary N) is 2. The fourth-order valence-corrected chi connectivity index (χ4v) is 4.96. The van der Waals surface area contributed by atoms with Gasteiger partial charge in [0.2, 0.25) is 0 Å². The third-order valence-electron chi connectivity index (χ3n) is 4.31. The van der Waals surface area contributed by atoms with E-state index in [9.17, 15) is 13.2 Å². The van der Waals surface area contributed by atoms with E-state index in [4.69, 9.17) is 16.1 Å². The molecule has 2 heterocycles. The average molecular weight is 489 g/mol. The van der Waals surface area contributed by atoms with E-state index in [-0.39, 0.29) is 16.3 Å². The maximum Gasteiger partial charge on any atom is 0.263 e. The van der Waals surface area contributed by atoms with Crippen LogP contribution in [0.1, 0.15) is 26.6 Å². The van der Waals surface area contributed by atoms with Crippen molar-refractivity contribution in [3.8, 4) is 0 Å². The van der Waals surface area contributed by atoms with Gasteiger partial charge >= 0.3 is 0 Å². The lowest BCUT2D eigenvalue weighted by molar-refractivity contribution is 0.102. The molecule has 0 aliphatic heterocycles. The third-order valence-corrected chi connectivity index (χ3v) is 6.82. The van der Waals surface area contributed by atoms with E-state index >= 15 is 0 Å². The first-order valence-electron chi connectivity index (χ1n) is 9.35. The molecule has 2 N–H and O–H groups in total. The number of carbonyl (C=O) groups excluding carboxylic acids is 1. The number of hydrogen-bond acceptors (Lipinski definition) is 7. The largest absolute Gasteiger partial charge is 0.360 e. The minimum absolute atomic E-state index is 0.0624. The highest BCUT2D eigenvalue weighted by molar-refractivity contribution is 7.92. The van der Waals surface area contributed by atoms with Crippen LogP contribution in [0, 0.1) is 6.92 Å². The van der Waals surface area contributed by atoms with Crippen LogP contribution in [-0.2, 0) is 16.4 Å². The van der Waals surface area contributed by atoms with Crippen LogP contribution in [-0.4, -0.2) is 24.5 Å². The highest BCUT2D eigenvalue weighted by Gasteiger charge is 2.19. The summed E-state index contributed by atoms with van der Waals surface area (Å²) >= 11 is 7.35. The van der Waals surface area contributed by atoms with Crippen molar-refractivity contribution in [2.75, 3.05) is 10.0 Å². The van der Waals surface area contributed by atoms with Gasteiger partial charge in [0.1, 0.15) is 5.76 Å². The molecule has 2 aromatic carbocycles. The first-order chi connectivity index (χ1) is 15.3. The second-order valence-electron chi connectivity index (χ2n) is 6.85. The van der Waals surface area contributed by atoms with Gasteiger partial charge in [-0.05, 0) is 42.8 Å². The fraction of sp³-hybridized carbons (Fsp3) is 0.0952. The molecule has 0 aliphatic carbocycles. The first kappa shape index (κ1) is 22.0. The Kier molecular flexibility index (Phi) is 6.26. The molecule has 0 atom stereocenters. The number of thiazole rings is 1. The van der Waals surface area contributed by atoms with Crippen LogP contribution < -0.4 is 10.0 Å². The summed E-state index contributed by atoms with van der Waals surface area (Å²) < 4.78 is 32.4. The SMILES string of the molecule is Cc1cc(NS(=O)(=O)c2cccc(C(=O)Nc3ncc(Cc4cccc(Cl)c4)s3)c2)no1. The summed E-state index contributed by atoms with van der Waals surface area (Å²) in [6.07, 6.45) is 2.32. The lowest BCUT2D eigenvalue weighted by Gasteiger charge is -2.07. The summed E-state index contributed by atoms with van der Waals surface area (Å²) in [5, 5.41) is 7.39. The first-order valence-corrected chi connectivity index (χ1v) is 12.0. The molecule has 4 aromatic rings. The van der Waals surface area contributed by atoms with Crippen molar-refractivity contribution in [2.24, 2.45) is 0 Å². The Balaban J connectivity index is 1.46. The molecule has 0 bridgehead atoms. The maximum absolute atomic E-state index is 12.7. The number of aryl methyl sites for hydroxylation is 1. The van der Waals surface area contributed by atoms with Crippen LogP contribution in [0.2, 0.25) is 5.02 Å². The van der Waals surface area contributed by atoms with E-state index in [1.165, 1.54) is 41.7 Å². The number of anilines is 2. The van der Waals surface area contributed by atoms with Crippen molar-refractivity contribution in [1.29, 1.82) is 0 Å². The van der Waals surface area contributed by atoms with Crippen LogP contribution in [0.4, 0.5) is 10.9 Å². The van der Waals surface area contributed by atoms with Gasteiger partial charge in [-0.1, -0.05) is 35.0 Å². The Bertz CT molecular complexity index is 1380. The zero-order chi connectivity index (χ0) is 22.7. The van der Waals surface area contributed by atoms with Crippen LogP contribution in [0.5, 0.6) is 0 Å². The highest BCUT2D eigenvalue weighted by atomic mass is 35.5. The number of aromatic nitrogens is 2. The number of carbonyl (C=O) groups is 1. The van der Waals surface area contributed by atoms with E-state index in [0.717, 1.165) is 10.4 Å². The number of sulfonamides is 1. The lowest BCUT2D eigenvalue weighted by Crippen LogP contribution is -2.16. The van der Waals surface area contributed by atoms with E-state index < -0.39 is 15.9 Å². The van der Waals surface area contributed by atoms with Gasteiger partial charge in [-0.15, -0.1) is 11.3 Å². The molecule has 4 rings (SSSR count). The van der Waals surface area contributed by atoms with E-state index in [1.807, 2.05) is 18.2 Å². The minimum atomic E-state index is -3.94. The molecule has 0 saturated heterocycles. The summed E-state index contributed by atoms with van der Waals surface area (Å²) in [6.45, 7) is 1.65. The summed E-state index contributed by atoms with van der Waals surface area (Å²) in [5.41, 5.74) is 1.21. The van der Waals surface area contributed by atoms with Crippen molar-refractivity contribution >= 4 is 49.8 Å². The van der Waals surface area contributed by atoms with Crippen molar-refractivity contribution < 1.29 is 17.7 Å². The average Bonchev–Trinajstić information content (AvgIpc) is 3.36. The van der Waals surface area contributed by atoms with Gasteiger partial charge in [-0.25, -0.2) is 13.4 Å². The Labute approximate surface area is 193 Å². The maximum atomic E-state index is 12.7. The van der Waals surface area contributed by atoms with Gasteiger partial charge in [0.25, 0.3) is 15.9 Å². The molecule has 0 aliphatic rings. The minimum Gasteiger partial charge on any atom is -0.360 e. The van der Waals surface area contributed by atoms with E-state index in [1.54, 1.807) is 19.2 Å².